The molecule has 0 bridgehead atoms. The maximum atomic E-state index is 13.0. The Morgan fingerprint density at radius 3 is 2.71 bits per heavy atom. The lowest BCUT2D eigenvalue weighted by atomic mass is 10.0. The van der Waals surface area contributed by atoms with Crippen molar-refractivity contribution in [2.24, 2.45) is 0 Å². The zero-order valence-corrected chi connectivity index (χ0v) is 14.1. The summed E-state index contributed by atoms with van der Waals surface area (Å²) in [7, 11) is 1.93. The number of carbonyl (C=O) groups excluding carboxylic acids is 1. The summed E-state index contributed by atoms with van der Waals surface area (Å²) in [5.41, 5.74) is 3.03. The third kappa shape index (κ3) is 3.83. The first-order chi connectivity index (χ1) is 11.8. The normalized spacial score (nSPS) is 17.7. The highest BCUT2D eigenvalue weighted by Crippen LogP contribution is 2.23. The number of nitrogens with zero attached hydrogens (tertiary/aromatic N) is 1. The Balaban J connectivity index is 1.75. The largest absolute Gasteiger partial charge is 0.370 e. The first-order valence-corrected chi connectivity index (χ1v) is 8.48. The van der Waals surface area contributed by atoms with Gasteiger partial charge in [0.25, 0.3) is 5.91 Å². The van der Waals surface area contributed by atoms with Crippen molar-refractivity contribution in [3.8, 4) is 0 Å². The van der Waals surface area contributed by atoms with Crippen molar-refractivity contribution in [2.75, 3.05) is 33.3 Å². The van der Waals surface area contributed by atoms with Crippen molar-refractivity contribution in [3.63, 3.8) is 0 Å². The van der Waals surface area contributed by atoms with E-state index >= 15 is 0 Å². The van der Waals surface area contributed by atoms with Gasteiger partial charge in [-0.15, -0.1) is 0 Å². The predicted molar refractivity (Wildman–Crippen MR) is 95.1 cm³/mol. The lowest BCUT2D eigenvalue weighted by Gasteiger charge is -2.33. The van der Waals surface area contributed by atoms with Crippen LogP contribution in [0.25, 0.3) is 0 Å². The van der Waals surface area contributed by atoms with Crippen LogP contribution in [0, 0.1) is 0 Å². The summed E-state index contributed by atoms with van der Waals surface area (Å²) in [6.45, 7) is 2.68. The molecular formula is C20H24N2O2. The van der Waals surface area contributed by atoms with Crippen LogP contribution >= 0.6 is 0 Å². The molecule has 2 aromatic carbocycles. The van der Waals surface area contributed by atoms with Crippen molar-refractivity contribution in [1.29, 1.82) is 0 Å². The standard InChI is InChI=1S/C20H24N2O2/c1-21-12-11-16-7-5-6-10-18(16)20(23)22-13-14-24-19(15-22)17-8-3-2-4-9-17/h2-10,19,21H,11-15H2,1H3. The second-order valence-corrected chi connectivity index (χ2v) is 6.03. The smallest absolute Gasteiger partial charge is 0.254 e. The molecule has 1 N–H and O–H groups in total. The molecular weight excluding hydrogens is 300 g/mol. The predicted octanol–water partition coefficient (Wildman–Crippen LogP) is 2.66. The van der Waals surface area contributed by atoms with Gasteiger partial charge in [-0.25, -0.2) is 0 Å². The van der Waals surface area contributed by atoms with Crippen LogP contribution in [-0.2, 0) is 11.2 Å². The van der Waals surface area contributed by atoms with Gasteiger partial charge in [0, 0.05) is 12.1 Å². The Bertz CT molecular complexity index is 672. The highest BCUT2D eigenvalue weighted by Gasteiger charge is 2.26. The minimum absolute atomic E-state index is 0.0478. The number of rotatable bonds is 5. The van der Waals surface area contributed by atoms with Crippen molar-refractivity contribution in [2.45, 2.75) is 12.5 Å². The third-order valence-electron chi connectivity index (χ3n) is 4.42. The Morgan fingerprint density at radius 1 is 1.17 bits per heavy atom. The molecule has 2 aromatic rings. The lowest BCUT2D eigenvalue weighted by molar-refractivity contribution is -0.0228. The monoisotopic (exact) mass is 324 g/mol. The van der Waals surface area contributed by atoms with Gasteiger partial charge in [-0.1, -0.05) is 48.5 Å². The van der Waals surface area contributed by atoms with E-state index in [2.05, 4.69) is 17.4 Å². The number of hydrogen-bond acceptors (Lipinski definition) is 3. The van der Waals surface area contributed by atoms with Crippen LogP contribution in [0.2, 0.25) is 0 Å². The van der Waals surface area contributed by atoms with Crippen LogP contribution in [0.3, 0.4) is 0 Å². The van der Waals surface area contributed by atoms with Crippen LogP contribution in [-0.4, -0.2) is 44.1 Å². The molecule has 1 unspecified atom stereocenters. The zero-order chi connectivity index (χ0) is 16.8. The molecule has 0 aromatic heterocycles. The van der Waals surface area contributed by atoms with Crippen LogP contribution in [0.15, 0.2) is 54.6 Å². The minimum Gasteiger partial charge on any atom is -0.370 e. The average molecular weight is 324 g/mol. The van der Waals surface area contributed by atoms with Gasteiger partial charge < -0.3 is 15.0 Å². The molecule has 0 saturated carbocycles. The average Bonchev–Trinajstić information content (AvgIpc) is 2.67. The van der Waals surface area contributed by atoms with Crippen LogP contribution in [0.5, 0.6) is 0 Å². The Morgan fingerprint density at radius 2 is 1.92 bits per heavy atom. The maximum Gasteiger partial charge on any atom is 0.254 e. The zero-order valence-electron chi connectivity index (χ0n) is 14.1. The molecule has 0 radical (unpaired) electrons. The van der Waals surface area contributed by atoms with Crippen LogP contribution in [0.1, 0.15) is 27.6 Å². The molecule has 1 amide bonds. The SMILES string of the molecule is CNCCc1ccccc1C(=O)N1CCOC(c2ccccc2)C1. The fraction of sp³-hybridized carbons (Fsp3) is 0.350. The summed E-state index contributed by atoms with van der Waals surface area (Å²) >= 11 is 0. The maximum absolute atomic E-state index is 13.0. The molecule has 126 valence electrons. The molecule has 0 aliphatic carbocycles. The van der Waals surface area contributed by atoms with E-state index in [-0.39, 0.29) is 12.0 Å². The van der Waals surface area contributed by atoms with Gasteiger partial charge in [0.2, 0.25) is 0 Å². The summed E-state index contributed by atoms with van der Waals surface area (Å²) in [4.78, 5) is 14.9. The van der Waals surface area contributed by atoms with Gasteiger partial charge in [-0.05, 0) is 37.2 Å². The van der Waals surface area contributed by atoms with E-state index in [0.29, 0.717) is 19.7 Å². The number of hydrogen-bond donors (Lipinski definition) is 1. The Labute approximate surface area is 143 Å². The third-order valence-corrected chi connectivity index (χ3v) is 4.42. The van der Waals surface area contributed by atoms with E-state index in [0.717, 1.165) is 29.7 Å². The highest BCUT2D eigenvalue weighted by atomic mass is 16.5. The fourth-order valence-electron chi connectivity index (χ4n) is 3.08. The van der Waals surface area contributed by atoms with Gasteiger partial charge in [-0.3, -0.25) is 4.79 Å². The Hall–Kier alpha value is -2.17. The number of carbonyl (C=O) groups is 1. The van der Waals surface area contributed by atoms with Gasteiger partial charge in [0.05, 0.1) is 13.2 Å². The van der Waals surface area contributed by atoms with E-state index in [4.69, 9.17) is 4.74 Å². The second kappa shape index (κ2) is 8.08. The van der Waals surface area contributed by atoms with Crippen molar-refractivity contribution in [3.05, 3.63) is 71.3 Å². The number of nitrogens with one attached hydrogen (secondary N) is 1. The second-order valence-electron chi connectivity index (χ2n) is 6.03. The molecule has 4 heteroatoms. The number of benzene rings is 2. The number of likely N-dealkylation sites (N-methyl/N-ethyl adjacent to an activating group) is 1. The fourth-order valence-corrected chi connectivity index (χ4v) is 3.08. The molecule has 24 heavy (non-hydrogen) atoms. The molecule has 4 nitrogen and oxygen atoms in total. The minimum atomic E-state index is -0.0478. The van der Waals surface area contributed by atoms with Crippen molar-refractivity contribution in [1.82, 2.24) is 10.2 Å². The number of morpholine rings is 1. The van der Waals surface area contributed by atoms with Gasteiger partial charge in [0.1, 0.15) is 6.10 Å². The topological polar surface area (TPSA) is 41.6 Å². The van der Waals surface area contributed by atoms with Crippen molar-refractivity contribution >= 4 is 5.91 Å². The van der Waals surface area contributed by atoms with Gasteiger partial charge in [0.15, 0.2) is 0 Å². The summed E-state index contributed by atoms with van der Waals surface area (Å²) in [5.74, 6) is 0.103. The van der Waals surface area contributed by atoms with Gasteiger partial charge in [-0.2, -0.15) is 0 Å². The first kappa shape index (κ1) is 16.7. The molecule has 1 heterocycles. The molecule has 3 rings (SSSR count). The summed E-state index contributed by atoms with van der Waals surface area (Å²) in [6, 6.07) is 18.0. The van der Waals surface area contributed by atoms with E-state index < -0.39 is 0 Å². The Kier molecular flexibility index (Phi) is 5.62. The van der Waals surface area contributed by atoms with Crippen molar-refractivity contribution < 1.29 is 9.53 Å². The van der Waals surface area contributed by atoms with E-state index in [9.17, 15) is 4.79 Å². The van der Waals surface area contributed by atoms with E-state index in [1.807, 2.05) is 54.4 Å². The molecule has 0 spiro atoms. The van der Waals surface area contributed by atoms with Crippen LogP contribution in [0.4, 0.5) is 0 Å². The summed E-state index contributed by atoms with van der Waals surface area (Å²) < 4.78 is 5.87. The highest BCUT2D eigenvalue weighted by molar-refractivity contribution is 5.95. The molecule has 1 aliphatic rings. The van der Waals surface area contributed by atoms with E-state index in [1.54, 1.807) is 0 Å². The molecule has 1 atom stereocenters. The summed E-state index contributed by atoms with van der Waals surface area (Å²) in [6.07, 6.45) is 0.804. The lowest BCUT2D eigenvalue weighted by Crippen LogP contribution is -2.42. The molecule has 1 saturated heterocycles. The van der Waals surface area contributed by atoms with Gasteiger partial charge >= 0.3 is 0 Å². The first-order valence-electron chi connectivity index (χ1n) is 8.48. The molecule has 1 aliphatic heterocycles. The van der Waals surface area contributed by atoms with Crippen LogP contribution < -0.4 is 5.32 Å². The quantitative estimate of drug-likeness (QED) is 0.919. The molecule has 1 fully saturated rings. The number of amides is 1. The van der Waals surface area contributed by atoms with E-state index in [1.165, 1.54) is 0 Å². The number of ether oxygens (including phenoxy) is 1. The summed E-state index contributed by atoms with van der Waals surface area (Å²) in [5, 5.41) is 3.15.